The molecule has 108 valence electrons. The van der Waals surface area contributed by atoms with E-state index in [2.05, 4.69) is 9.97 Å². The summed E-state index contributed by atoms with van der Waals surface area (Å²) in [4.78, 5) is 6.14. The van der Waals surface area contributed by atoms with Crippen LogP contribution in [0.3, 0.4) is 0 Å². The Morgan fingerprint density at radius 2 is 1.81 bits per heavy atom. The van der Waals surface area contributed by atoms with Crippen molar-refractivity contribution in [3.05, 3.63) is 53.4 Å². The minimum Gasteiger partial charge on any atom is -0.456 e. The number of alkyl halides is 3. The van der Waals surface area contributed by atoms with Gasteiger partial charge in [0, 0.05) is 23.3 Å². The van der Waals surface area contributed by atoms with Crippen molar-refractivity contribution in [2.24, 2.45) is 0 Å². The molecule has 1 aromatic carbocycles. The molecule has 3 aromatic rings. The first-order chi connectivity index (χ1) is 9.93. The lowest BCUT2D eigenvalue weighted by molar-refractivity contribution is -0.140. The molecule has 0 spiro atoms. The van der Waals surface area contributed by atoms with Gasteiger partial charge in [0.25, 0.3) is 0 Å². The molecule has 3 nitrogen and oxygen atoms in total. The lowest BCUT2D eigenvalue weighted by Gasteiger charge is -2.07. The average molecular weight is 313 g/mol. The molecule has 2 heterocycles. The molecule has 3 rings (SSSR count). The molecular weight excluding hydrogens is 305 g/mol. The van der Waals surface area contributed by atoms with E-state index in [0.717, 1.165) is 6.07 Å². The van der Waals surface area contributed by atoms with Gasteiger partial charge in [-0.05, 0) is 30.3 Å². The predicted octanol–water partition coefficient (Wildman–Crippen LogP) is 5.03. The first-order valence-electron chi connectivity index (χ1n) is 5.91. The van der Waals surface area contributed by atoms with Gasteiger partial charge in [-0.3, -0.25) is 4.98 Å². The molecular formula is C14H8ClF3N2O. The number of fused-ring (bicyclic) bond motifs is 1. The third-order valence-corrected chi connectivity index (χ3v) is 3.15. The normalized spacial score (nSPS) is 11.8. The van der Waals surface area contributed by atoms with Crippen molar-refractivity contribution in [1.29, 1.82) is 0 Å². The van der Waals surface area contributed by atoms with E-state index in [9.17, 15) is 13.2 Å². The quantitative estimate of drug-likeness (QED) is 0.721. The van der Waals surface area contributed by atoms with Gasteiger partial charge in [-0.2, -0.15) is 13.2 Å². The number of aromatic nitrogens is 2. The second-order valence-corrected chi connectivity index (χ2v) is 4.74. The SMILES string of the molecule is FC(F)(F)c1cc2cc(Oc3ccncc3)c(Cl)cc2[nH]1. The van der Waals surface area contributed by atoms with Gasteiger partial charge in [0.05, 0.1) is 5.02 Å². The largest absolute Gasteiger partial charge is 0.456 e. The number of hydrogen-bond acceptors (Lipinski definition) is 2. The molecule has 0 aliphatic rings. The molecule has 0 unspecified atom stereocenters. The van der Waals surface area contributed by atoms with E-state index in [-0.39, 0.29) is 10.8 Å². The van der Waals surface area contributed by atoms with Crippen LogP contribution < -0.4 is 4.74 Å². The van der Waals surface area contributed by atoms with Crippen molar-refractivity contribution < 1.29 is 17.9 Å². The maximum atomic E-state index is 12.7. The summed E-state index contributed by atoms with van der Waals surface area (Å²) in [7, 11) is 0. The van der Waals surface area contributed by atoms with E-state index in [4.69, 9.17) is 16.3 Å². The van der Waals surface area contributed by atoms with E-state index in [0.29, 0.717) is 16.7 Å². The van der Waals surface area contributed by atoms with Crippen LogP contribution in [0, 0.1) is 0 Å². The summed E-state index contributed by atoms with van der Waals surface area (Å²) in [5.74, 6) is 0.779. The second-order valence-electron chi connectivity index (χ2n) is 4.34. The predicted molar refractivity (Wildman–Crippen MR) is 72.6 cm³/mol. The number of H-pyrrole nitrogens is 1. The van der Waals surface area contributed by atoms with Gasteiger partial charge in [0.15, 0.2) is 0 Å². The fourth-order valence-corrected chi connectivity index (χ4v) is 2.10. The van der Waals surface area contributed by atoms with Crippen molar-refractivity contribution in [2.75, 3.05) is 0 Å². The number of pyridine rings is 1. The minimum atomic E-state index is -4.43. The zero-order valence-corrected chi connectivity index (χ0v) is 11.2. The number of nitrogens with zero attached hydrogens (tertiary/aromatic N) is 1. The standard InChI is InChI=1S/C14H8ClF3N2O/c15-10-7-11-8(6-13(20-11)14(16,17)18)5-12(10)21-9-1-3-19-4-2-9/h1-7,20H. The van der Waals surface area contributed by atoms with Gasteiger partial charge in [-0.25, -0.2) is 0 Å². The van der Waals surface area contributed by atoms with Crippen LogP contribution in [-0.4, -0.2) is 9.97 Å². The van der Waals surface area contributed by atoms with Crippen LogP contribution in [0.25, 0.3) is 10.9 Å². The van der Waals surface area contributed by atoms with Crippen LogP contribution >= 0.6 is 11.6 Å². The lowest BCUT2D eigenvalue weighted by Crippen LogP contribution is -2.04. The van der Waals surface area contributed by atoms with Gasteiger partial charge in [-0.15, -0.1) is 0 Å². The highest BCUT2D eigenvalue weighted by Crippen LogP contribution is 2.36. The molecule has 7 heteroatoms. The number of halogens is 4. The Balaban J connectivity index is 2.02. The molecule has 2 aromatic heterocycles. The van der Waals surface area contributed by atoms with Gasteiger partial charge in [0.1, 0.15) is 17.2 Å². The van der Waals surface area contributed by atoms with Gasteiger partial charge in [0.2, 0.25) is 0 Å². The lowest BCUT2D eigenvalue weighted by atomic mass is 10.2. The number of benzene rings is 1. The molecule has 0 fully saturated rings. The number of hydrogen-bond donors (Lipinski definition) is 1. The third-order valence-electron chi connectivity index (χ3n) is 2.86. The smallest absolute Gasteiger partial charge is 0.431 e. The summed E-state index contributed by atoms with van der Waals surface area (Å²) in [6, 6.07) is 7.13. The highest BCUT2D eigenvalue weighted by Gasteiger charge is 2.32. The Labute approximate surface area is 122 Å². The molecule has 0 atom stereocenters. The molecule has 0 aliphatic heterocycles. The van der Waals surface area contributed by atoms with E-state index < -0.39 is 11.9 Å². The molecule has 0 radical (unpaired) electrons. The van der Waals surface area contributed by atoms with Crippen LogP contribution in [0.5, 0.6) is 11.5 Å². The monoisotopic (exact) mass is 312 g/mol. The molecule has 21 heavy (non-hydrogen) atoms. The average Bonchev–Trinajstić information content (AvgIpc) is 2.83. The van der Waals surface area contributed by atoms with E-state index in [1.807, 2.05) is 0 Å². The first kappa shape index (κ1) is 13.8. The Morgan fingerprint density at radius 3 is 2.48 bits per heavy atom. The molecule has 0 aliphatic carbocycles. The maximum absolute atomic E-state index is 12.7. The van der Waals surface area contributed by atoms with Crippen molar-refractivity contribution in [3.8, 4) is 11.5 Å². The van der Waals surface area contributed by atoms with Crippen LogP contribution in [0.2, 0.25) is 5.02 Å². The molecule has 0 saturated heterocycles. The van der Waals surface area contributed by atoms with Gasteiger partial charge < -0.3 is 9.72 Å². The van der Waals surface area contributed by atoms with Crippen molar-refractivity contribution in [2.45, 2.75) is 6.18 Å². The Hall–Kier alpha value is -2.21. The number of nitrogens with one attached hydrogen (secondary N) is 1. The topological polar surface area (TPSA) is 37.9 Å². The highest BCUT2D eigenvalue weighted by molar-refractivity contribution is 6.32. The highest BCUT2D eigenvalue weighted by atomic mass is 35.5. The summed E-state index contributed by atoms with van der Waals surface area (Å²) >= 11 is 6.03. The number of rotatable bonds is 2. The first-order valence-corrected chi connectivity index (χ1v) is 6.28. The Bertz CT molecular complexity index is 784. The van der Waals surface area contributed by atoms with Crippen LogP contribution in [0.1, 0.15) is 5.69 Å². The van der Waals surface area contributed by atoms with E-state index in [1.165, 1.54) is 12.1 Å². The van der Waals surface area contributed by atoms with E-state index in [1.54, 1.807) is 24.5 Å². The summed E-state index contributed by atoms with van der Waals surface area (Å²) in [6.07, 6.45) is -1.35. The van der Waals surface area contributed by atoms with Crippen molar-refractivity contribution >= 4 is 22.5 Å². The van der Waals surface area contributed by atoms with Crippen LogP contribution in [-0.2, 0) is 6.18 Å². The number of aromatic amines is 1. The molecule has 0 saturated carbocycles. The molecule has 1 N–H and O–H groups in total. The van der Waals surface area contributed by atoms with Crippen LogP contribution in [0.4, 0.5) is 13.2 Å². The van der Waals surface area contributed by atoms with E-state index >= 15 is 0 Å². The fraction of sp³-hybridized carbons (Fsp3) is 0.0714. The summed E-state index contributed by atoms with van der Waals surface area (Å²) in [6.45, 7) is 0. The third kappa shape index (κ3) is 2.80. The Morgan fingerprint density at radius 1 is 1.10 bits per heavy atom. The van der Waals surface area contributed by atoms with Crippen molar-refractivity contribution in [3.63, 3.8) is 0 Å². The summed E-state index contributed by atoms with van der Waals surface area (Å²) in [5, 5.41) is 0.589. The summed E-state index contributed by atoms with van der Waals surface area (Å²) in [5.41, 5.74) is -0.524. The fourth-order valence-electron chi connectivity index (χ4n) is 1.90. The van der Waals surface area contributed by atoms with Gasteiger partial charge in [-0.1, -0.05) is 11.6 Å². The van der Waals surface area contributed by atoms with Crippen LogP contribution in [0.15, 0.2) is 42.7 Å². The zero-order valence-electron chi connectivity index (χ0n) is 10.4. The van der Waals surface area contributed by atoms with Gasteiger partial charge >= 0.3 is 6.18 Å². The second kappa shape index (κ2) is 4.96. The zero-order chi connectivity index (χ0) is 15.0. The van der Waals surface area contributed by atoms with Crippen molar-refractivity contribution in [1.82, 2.24) is 9.97 Å². The molecule has 0 bridgehead atoms. The maximum Gasteiger partial charge on any atom is 0.431 e. The minimum absolute atomic E-state index is 0.217. The Kier molecular flexibility index (Phi) is 3.25. The summed E-state index contributed by atoms with van der Waals surface area (Å²) < 4.78 is 43.6. The number of ether oxygens (including phenoxy) is 1. The molecule has 0 amide bonds.